The predicted molar refractivity (Wildman–Crippen MR) is 59.1 cm³/mol. The molecule has 0 saturated carbocycles. The second-order valence-corrected chi connectivity index (χ2v) is 3.96. The van der Waals surface area contributed by atoms with Gasteiger partial charge in [0.25, 0.3) is 0 Å². The van der Waals surface area contributed by atoms with Gasteiger partial charge in [0.15, 0.2) is 0 Å². The molecule has 15 heavy (non-hydrogen) atoms. The Bertz CT molecular complexity index is 399. The highest BCUT2D eigenvalue weighted by Crippen LogP contribution is 2.12. The summed E-state index contributed by atoms with van der Waals surface area (Å²) in [5.41, 5.74) is 0.874. The molecule has 4 heteroatoms. The highest BCUT2D eigenvalue weighted by atomic mass is 32.1. The molecule has 0 atom stereocenters. The summed E-state index contributed by atoms with van der Waals surface area (Å²) < 4.78 is 4.93. The van der Waals surface area contributed by atoms with Crippen molar-refractivity contribution in [2.75, 3.05) is 0 Å². The lowest BCUT2D eigenvalue weighted by atomic mass is 10.2. The molecular formula is C11H11NO2S. The number of nitrogens with zero attached hydrogens (tertiary/aromatic N) is 1. The van der Waals surface area contributed by atoms with Gasteiger partial charge >= 0.3 is 5.97 Å². The molecule has 0 radical (unpaired) electrons. The van der Waals surface area contributed by atoms with Crippen LogP contribution in [0.4, 0.5) is 0 Å². The van der Waals surface area contributed by atoms with Gasteiger partial charge in [0.2, 0.25) is 0 Å². The van der Waals surface area contributed by atoms with E-state index in [1.807, 2.05) is 22.9 Å². The van der Waals surface area contributed by atoms with Gasteiger partial charge in [-0.25, -0.2) is 4.79 Å². The molecule has 0 fully saturated rings. The van der Waals surface area contributed by atoms with Crippen LogP contribution < -0.4 is 0 Å². The number of carbonyl (C=O) groups excluding carboxylic acids is 1. The van der Waals surface area contributed by atoms with Crippen LogP contribution in [0.2, 0.25) is 0 Å². The van der Waals surface area contributed by atoms with Crippen molar-refractivity contribution in [1.29, 1.82) is 5.26 Å². The van der Waals surface area contributed by atoms with E-state index in [1.54, 1.807) is 13.8 Å². The lowest BCUT2D eigenvalue weighted by Crippen LogP contribution is -2.12. The Morgan fingerprint density at radius 3 is 2.87 bits per heavy atom. The third kappa shape index (κ3) is 3.56. The summed E-state index contributed by atoms with van der Waals surface area (Å²) in [6.45, 7) is 3.50. The average Bonchev–Trinajstić information content (AvgIpc) is 2.65. The summed E-state index contributed by atoms with van der Waals surface area (Å²) >= 11 is 1.51. The van der Waals surface area contributed by atoms with Gasteiger partial charge in [0.1, 0.15) is 11.6 Å². The normalized spacial score (nSPS) is 11.2. The number of hydrogen-bond donors (Lipinski definition) is 0. The van der Waals surface area contributed by atoms with Crippen LogP contribution in [0.25, 0.3) is 6.08 Å². The van der Waals surface area contributed by atoms with E-state index in [4.69, 9.17) is 10.00 Å². The van der Waals surface area contributed by atoms with Crippen molar-refractivity contribution < 1.29 is 9.53 Å². The average molecular weight is 221 g/mol. The van der Waals surface area contributed by atoms with Crippen molar-refractivity contribution in [2.45, 2.75) is 20.0 Å². The van der Waals surface area contributed by atoms with Gasteiger partial charge in [-0.3, -0.25) is 0 Å². The largest absolute Gasteiger partial charge is 0.459 e. The summed E-state index contributed by atoms with van der Waals surface area (Å²) in [6, 6.07) is 3.67. The van der Waals surface area contributed by atoms with E-state index in [9.17, 15) is 4.79 Å². The summed E-state index contributed by atoms with van der Waals surface area (Å²) in [6.07, 6.45) is 1.32. The highest BCUT2D eigenvalue weighted by molar-refractivity contribution is 7.08. The van der Waals surface area contributed by atoms with Crippen LogP contribution in [0.5, 0.6) is 0 Å². The SMILES string of the molecule is CC(C)OC(=O)C(C#N)=Cc1ccsc1. The molecule has 78 valence electrons. The molecule has 0 unspecified atom stereocenters. The predicted octanol–water partition coefficient (Wildman–Crippen LogP) is 2.61. The zero-order chi connectivity index (χ0) is 11.3. The molecule has 0 aliphatic rings. The fourth-order valence-electron chi connectivity index (χ4n) is 0.938. The third-order valence-corrected chi connectivity index (χ3v) is 2.24. The maximum Gasteiger partial charge on any atom is 0.349 e. The Kier molecular flexibility index (Phi) is 4.07. The van der Waals surface area contributed by atoms with Crippen LogP contribution in [-0.2, 0) is 9.53 Å². The van der Waals surface area contributed by atoms with E-state index in [2.05, 4.69) is 0 Å². The molecule has 1 rings (SSSR count). The first-order chi connectivity index (χ1) is 7.13. The summed E-state index contributed by atoms with van der Waals surface area (Å²) in [4.78, 5) is 11.4. The van der Waals surface area contributed by atoms with Crippen molar-refractivity contribution >= 4 is 23.4 Å². The smallest absolute Gasteiger partial charge is 0.349 e. The first kappa shape index (κ1) is 11.5. The van der Waals surface area contributed by atoms with Crippen molar-refractivity contribution in [1.82, 2.24) is 0 Å². The lowest BCUT2D eigenvalue weighted by Gasteiger charge is -2.05. The van der Waals surface area contributed by atoms with Crippen LogP contribution in [0, 0.1) is 11.3 Å². The molecule has 0 spiro atoms. The number of ether oxygens (including phenoxy) is 1. The minimum Gasteiger partial charge on any atom is -0.459 e. The van der Waals surface area contributed by atoms with E-state index in [1.165, 1.54) is 17.4 Å². The molecule has 0 bridgehead atoms. The first-order valence-corrected chi connectivity index (χ1v) is 5.42. The summed E-state index contributed by atoms with van der Waals surface area (Å²) in [7, 11) is 0. The molecular weight excluding hydrogens is 210 g/mol. The molecule has 0 N–H and O–H groups in total. The maximum absolute atomic E-state index is 11.4. The minimum atomic E-state index is -0.571. The molecule has 0 aromatic carbocycles. The second-order valence-electron chi connectivity index (χ2n) is 3.18. The summed E-state index contributed by atoms with van der Waals surface area (Å²) in [5, 5.41) is 12.5. The molecule has 1 aromatic rings. The highest BCUT2D eigenvalue weighted by Gasteiger charge is 2.12. The minimum absolute atomic E-state index is 0.0297. The van der Waals surface area contributed by atoms with Gasteiger partial charge in [0, 0.05) is 0 Å². The maximum atomic E-state index is 11.4. The number of thiophene rings is 1. The number of rotatable bonds is 3. The van der Waals surface area contributed by atoms with Crippen LogP contribution in [0.15, 0.2) is 22.4 Å². The van der Waals surface area contributed by atoms with Crippen molar-refractivity contribution in [3.05, 3.63) is 28.0 Å². The Morgan fingerprint density at radius 1 is 1.67 bits per heavy atom. The fourth-order valence-corrected chi connectivity index (χ4v) is 1.56. The fraction of sp³-hybridized carbons (Fsp3) is 0.273. The van der Waals surface area contributed by atoms with Crippen molar-refractivity contribution in [2.24, 2.45) is 0 Å². The molecule has 1 aromatic heterocycles. The van der Waals surface area contributed by atoms with Crippen LogP contribution in [-0.4, -0.2) is 12.1 Å². The summed E-state index contributed by atoms with van der Waals surface area (Å²) in [5.74, 6) is -0.571. The quantitative estimate of drug-likeness (QED) is 0.448. The van der Waals surface area contributed by atoms with E-state index in [0.29, 0.717) is 0 Å². The Morgan fingerprint density at radius 2 is 2.40 bits per heavy atom. The monoisotopic (exact) mass is 221 g/mol. The van der Waals surface area contributed by atoms with Crippen molar-refractivity contribution in [3.63, 3.8) is 0 Å². The van der Waals surface area contributed by atoms with E-state index in [0.717, 1.165) is 5.56 Å². The van der Waals surface area contributed by atoms with Gasteiger partial charge in [-0.05, 0) is 42.3 Å². The van der Waals surface area contributed by atoms with E-state index < -0.39 is 5.97 Å². The lowest BCUT2D eigenvalue weighted by molar-refractivity contribution is -0.142. The zero-order valence-corrected chi connectivity index (χ0v) is 9.38. The Balaban J connectivity index is 2.81. The van der Waals surface area contributed by atoms with Crippen molar-refractivity contribution in [3.8, 4) is 6.07 Å². The molecule has 0 aliphatic heterocycles. The zero-order valence-electron chi connectivity index (χ0n) is 8.56. The molecule has 0 amide bonds. The van der Waals surface area contributed by atoms with Gasteiger partial charge in [-0.2, -0.15) is 16.6 Å². The Hall–Kier alpha value is -1.60. The first-order valence-electron chi connectivity index (χ1n) is 4.48. The second kappa shape index (κ2) is 5.32. The van der Waals surface area contributed by atoms with Crippen LogP contribution in [0.3, 0.4) is 0 Å². The number of nitriles is 1. The van der Waals surface area contributed by atoms with Crippen LogP contribution in [0.1, 0.15) is 19.4 Å². The van der Waals surface area contributed by atoms with E-state index in [-0.39, 0.29) is 11.7 Å². The Labute approximate surface area is 92.6 Å². The topological polar surface area (TPSA) is 50.1 Å². The van der Waals surface area contributed by atoms with Crippen LogP contribution >= 0.6 is 11.3 Å². The van der Waals surface area contributed by atoms with Gasteiger partial charge < -0.3 is 4.74 Å². The van der Waals surface area contributed by atoms with E-state index >= 15 is 0 Å². The van der Waals surface area contributed by atoms with Gasteiger partial charge in [-0.15, -0.1) is 0 Å². The molecule has 3 nitrogen and oxygen atoms in total. The molecule has 0 saturated heterocycles. The number of carbonyl (C=O) groups is 1. The third-order valence-electron chi connectivity index (χ3n) is 1.54. The number of hydrogen-bond acceptors (Lipinski definition) is 4. The van der Waals surface area contributed by atoms with Gasteiger partial charge in [-0.1, -0.05) is 0 Å². The number of esters is 1. The molecule has 1 heterocycles. The standard InChI is InChI=1S/C11H11NO2S/c1-8(2)14-11(13)10(6-12)5-9-3-4-15-7-9/h3-5,7-8H,1-2H3. The molecule has 0 aliphatic carbocycles. The van der Waals surface area contributed by atoms with Gasteiger partial charge in [0.05, 0.1) is 6.10 Å².